The third-order valence-corrected chi connectivity index (χ3v) is 5.73. The largest absolute Gasteiger partial charge is 0.378 e. The zero-order valence-electron chi connectivity index (χ0n) is 16.6. The Kier molecular flexibility index (Phi) is 4.07. The Labute approximate surface area is 175 Å². The fourth-order valence-corrected chi connectivity index (χ4v) is 3.95. The quantitative estimate of drug-likeness (QED) is 0.506. The van der Waals surface area contributed by atoms with Crippen LogP contribution in [0.2, 0.25) is 0 Å². The van der Waals surface area contributed by atoms with Crippen LogP contribution in [0.1, 0.15) is 23.7 Å². The van der Waals surface area contributed by atoms with Crippen LogP contribution in [0, 0.1) is 0 Å². The van der Waals surface area contributed by atoms with Gasteiger partial charge in [-0.2, -0.15) is 19.6 Å². The van der Waals surface area contributed by atoms with E-state index in [2.05, 4.69) is 30.4 Å². The maximum atomic E-state index is 13.8. The first-order valence-corrected chi connectivity index (χ1v) is 10.2. The van der Waals surface area contributed by atoms with Crippen molar-refractivity contribution in [2.45, 2.75) is 24.8 Å². The number of morpholine rings is 1. The number of nitrogens with zero attached hydrogens (tertiary/aromatic N) is 6. The predicted molar refractivity (Wildman–Crippen MR) is 110 cm³/mol. The van der Waals surface area contributed by atoms with Crippen molar-refractivity contribution in [3.8, 4) is 0 Å². The van der Waals surface area contributed by atoms with Crippen LogP contribution in [0.5, 0.6) is 0 Å². The summed E-state index contributed by atoms with van der Waals surface area (Å²) in [4.78, 5) is 19.1. The molecule has 0 amide bonds. The van der Waals surface area contributed by atoms with Gasteiger partial charge >= 0.3 is 0 Å². The number of hydrogen-bond acceptors (Lipinski definition) is 7. The lowest BCUT2D eigenvalue weighted by atomic mass is 10.2. The van der Waals surface area contributed by atoms with Crippen LogP contribution in [0.3, 0.4) is 0 Å². The number of para-hydroxylation sites is 2. The minimum absolute atomic E-state index is 0.174. The molecule has 1 saturated carbocycles. The maximum absolute atomic E-state index is 13.8. The summed E-state index contributed by atoms with van der Waals surface area (Å²) in [6.07, 6.45) is 1.30. The van der Waals surface area contributed by atoms with Gasteiger partial charge in [0.2, 0.25) is 11.9 Å². The van der Waals surface area contributed by atoms with Gasteiger partial charge in [-0.1, -0.05) is 12.1 Å². The van der Waals surface area contributed by atoms with E-state index in [1.54, 1.807) is 0 Å². The highest BCUT2D eigenvalue weighted by atomic mass is 19.3. The van der Waals surface area contributed by atoms with Crippen LogP contribution in [0.15, 0.2) is 30.5 Å². The minimum Gasteiger partial charge on any atom is -0.378 e. The number of alkyl halides is 2. The molecule has 2 N–H and O–H groups in total. The number of nitrogens with one attached hydrogen (secondary N) is 2. The van der Waals surface area contributed by atoms with Gasteiger partial charge < -0.3 is 19.9 Å². The number of fused-ring (bicyclic) bond motifs is 2. The fraction of sp³-hybridized carbons (Fsp3) is 0.400. The summed E-state index contributed by atoms with van der Waals surface area (Å²) in [5, 5.41) is 7.56. The molecular formula is C20H20F2N8O. The van der Waals surface area contributed by atoms with E-state index >= 15 is 0 Å². The molecule has 3 aromatic heterocycles. The molecule has 4 aromatic rings. The molecule has 1 aliphatic carbocycles. The first-order valence-electron chi connectivity index (χ1n) is 10.2. The highest BCUT2D eigenvalue weighted by molar-refractivity contribution is 5.74. The van der Waals surface area contributed by atoms with Gasteiger partial charge in [0.15, 0.2) is 5.65 Å². The molecule has 0 radical (unpaired) electrons. The number of anilines is 2. The number of aromatic nitrogens is 6. The van der Waals surface area contributed by atoms with E-state index in [1.165, 1.54) is 10.7 Å². The van der Waals surface area contributed by atoms with Gasteiger partial charge in [0.05, 0.1) is 42.9 Å². The van der Waals surface area contributed by atoms with E-state index in [4.69, 9.17) is 4.74 Å². The summed E-state index contributed by atoms with van der Waals surface area (Å²) in [6, 6.07) is 7.77. The molecule has 1 aromatic carbocycles. The molecule has 0 bridgehead atoms. The molecule has 1 saturated heterocycles. The minimum atomic E-state index is -2.70. The van der Waals surface area contributed by atoms with E-state index in [9.17, 15) is 8.78 Å². The van der Waals surface area contributed by atoms with Crippen molar-refractivity contribution in [2.24, 2.45) is 0 Å². The molecule has 1 aliphatic heterocycles. The van der Waals surface area contributed by atoms with Crippen LogP contribution >= 0.6 is 0 Å². The standard InChI is InChI=1S/C20H20F2N8O/c21-20(22)9-13(20)12-10-24-30-17(12)27-19(29-5-7-31-8-6-29)28-18(30)23-11-16-25-14-3-1-2-4-15(14)26-16/h1-4,10,13H,5-9,11H2,(H,25,26)(H,23,27,28). The van der Waals surface area contributed by atoms with Crippen molar-refractivity contribution in [3.05, 3.63) is 41.9 Å². The number of halogens is 2. The van der Waals surface area contributed by atoms with E-state index in [0.717, 1.165) is 16.9 Å². The fourth-order valence-electron chi connectivity index (χ4n) is 3.95. The van der Waals surface area contributed by atoms with Gasteiger partial charge in [0.1, 0.15) is 5.82 Å². The second kappa shape index (κ2) is 6.84. The Bertz CT molecular complexity index is 1230. The molecule has 0 spiro atoms. The molecule has 160 valence electrons. The molecule has 31 heavy (non-hydrogen) atoms. The smallest absolute Gasteiger partial charge is 0.256 e. The lowest BCUT2D eigenvalue weighted by Crippen LogP contribution is -2.37. The van der Waals surface area contributed by atoms with Crippen molar-refractivity contribution in [3.63, 3.8) is 0 Å². The summed E-state index contributed by atoms with van der Waals surface area (Å²) < 4.78 is 34.5. The third-order valence-electron chi connectivity index (χ3n) is 5.73. The highest BCUT2D eigenvalue weighted by Crippen LogP contribution is 2.56. The predicted octanol–water partition coefficient (Wildman–Crippen LogP) is 2.57. The summed E-state index contributed by atoms with van der Waals surface area (Å²) in [5.74, 6) is -1.89. The first kappa shape index (κ1) is 18.4. The summed E-state index contributed by atoms with van der Waals surface area (Å²) in [6.45, 7) is 2.80. The number of hydrogen-bond donors (Lipinski definition) is 2. The SMILES string of the molecule is FC1(F)CC1c1cnn2c(NCc3nc4ccccc4[nH]3)nc(N3CCOCC3)nc12. The van der Waals surface area contributed by atoms with Gasteiger partial charge in [0, 0.05) is 25.1 Å². The summed E-state index contributed by atoms with van der Waals surface area (Å²) in [5.41, 5.74) is 2.68. The highest BCUT2D eigenvalue weighted by Gasteiger charge is 2.59. The van der Waals surface area contributed by atoms with E-state index in [-0.39, 0.29) is 6.42 Å². The topological polar surface area (TPSA) is 96.3 Å². The summed E-state index contributed by atoms with van der Waals surface area (Å²) in [7, 11) is 0. The zero-order chi connectivity index (χ0) is 21.0. The second-order valence-electron chi connectivity index (χ2n) is 7.85. The van der Waals surface area contributed by atoms with Crippen molar-refractivity contribution >= 4 is 28.6 Å². The van der Waals surface area contributed by atoms with Gasteiger partial charge in [-0.15, -0.1) is 0 Å². The lowest BCUT2D eigenvalue weighted by molar-refractivity contribution is 0.112. The van der Waals surface area contributed by atoms with E-state index < -0.39 is 11.8 Å². The van der Waals surface area contributed by atoms with Crippen molar-refractivity contribution in [1.82, 2.24) is 29.5 Å². The molecule has 6 rings (SSSR count). The number of rotatable bonds is 5. The molecule has 1 unspecified atom stereocenters. The Balaban J connectivity index is 1.37. The van der Waals surface area contributed by atoms with Crippen LogP contribution in [0.25, 0.3) is 16.7 Å². The summed E-state index contributed by atoms with van der Waals surface area (Å²) >= 11 is 0. The third kappa shape index (κ3) is 3.25. The number of aromatic amines is 1. The van der Waals surface area contributed by atoms with Crippen molar-refractivity contribution < 1.29 is 13.5 Å². The molecule has 9 nitrogen and oxygen atoms in total. The number of benzene rings is 1. The van der Waals surface area contributed by atoms with Gasteiger partial charge in [0.25, 0.3) is 5.92 Å². The number of imidazole rings is 1. The van der Waals surface area contributed by atoms with Crippen molar-refractivity contribution in [2.75, 3.05) is 36.5 Å². The molecule has 4 heterocycles. The van der Waals surface area contributed by atoms with E-state index in [0.29, 0.717) is 56.0 Å². The monoisotopic (exact) mass is 426 g/mol. The van der Waals surface area contributed by atoms with Crippen LogP contribution in [-0.2, 0) is 11.3 Å². The zero-order valence-corrected chi connectivity index (χ0v) is 16.6. The molecular weight excluding hydrogens is 406 g/mol. The Morgan fingerprint density at radius 1 is 1.16 bits per heavy atom. The second-order valence-corrected chi connectivity index (χ2v) is 7.85. The molecule has 1 atom stereocenters. The Hall–Kier alpha value is -3.34. The lowest BCUT2D eigenvalue weighted by Gasteiger charge is -2.27. The maximum Gasteiger partial charge on any atom is 0.256 e. The van der Waals surface area contributed by atoms with E-state index in [1.807, 2.05) is 29.2 Å². The van der Waals surface area contributed by atoms with Gasteiger partial charge in [-0.05, 0) is 12.1 Å². The average molecular weight is 426 g/mol. The Morgan fingerprint density at radius 3 is 2.74 bits per heavy atom. The molecule has 2 aliphatic rings. The van der Waals surface area contributed by atoms with Crippen LogP contribution in [-0.4, -0.2) is 61.8 Å². The van der Waals surface area contributed by atoms with Gasteiger partial charge in [-0.25, -0.2) is 13.8 Å². The number of H-pyrrole nitrogens is 1. The molecule has 11 heteroatoms. The molecule has 2 fully saturated rings. The van der Waals surface area contributed by atoms with Crippen molar-refractivity contribution in [1.29, 1.82) is 0 Å². The average Bonchev–Trinajstić information content (AvgIpc) is 3.12. The number of ether oxygens (including phenoxy) is 1. The first-order chi connectivity index (χ1) is 15.1. The van der Waals surface area contributed by atoms with Crippen LogP contribution in [0.4, 0.5) is 20.7 Å². The Morgan fingerprint density at radius 2 is 1.97 bits per heavy atom. The normalized spacial score (nSPS) is 20.5. The van der Waals surface area contributed by atoms with Crippen LogP contribution < -0.4 is 10.2 Å². The van der Waals surface area contributed by atoms with Gasteiger partial charge in [-0.3, -0.25) is 0 Å².